The molecule has 0 bridgehead atoms. The van der Waals surface area contributed by atoms with Crippen LogP contribution in [0.2, 0.25) is 0 Å². The molecule has 3 aromatic rings. The van der Waals surface area contributed by atoms with Gasteiger partial charge in [0.25, 0.3) is 11.8 Å². The van der Waals surface area contributed by atoms with Crippen molar-refractivity contribution in [2.75, 3.05) is 24.2 Å². The predicted octanol–water partition coefficient (Wildman–Crippen LogP) is 3.59. The summed E-state index contributed by atoms with van der Waals surface area (Å²) in [5.41, 5.74) is 3.42. The monoisotopic (exact) mass is 430 g/mol. The van der Waals surface area contributed by atoms with E-state index in [1.54, 1.807) is 55.6 Å². The third kappa shape index (κ3) is 6.18. The van der Waals surface area contributed by atoms with Crippen LogP contribution >= 0.6 is 0 Å². The molecule has 7 heteroatoms. The van der Waals surface area contributed by atoms with Gasteiger partial charge in [-0.15, -0.1) is 0 Å². The van der Waals surface area contributed by atoms with Crippen molar-refractivity contribution in [2.24, 2.45) is 0 Å². The zero-order valence-electron chi connectivity index (χ0n) is 18.0. The lowest BCUT2D eigenvalue weighted by molar-refractivity contribution is -0.114. The second-order valence-electron chi connectivity index (χ2n) is 7.24. The molecule has 0 aromatic heterocycles. The van der Waals surface area contributed by atoms with Gasteiger partial charge in [-0.25, -0.2) is 0 Å². The molecule has 3 amide bonds. The van der Waals surface area contributed by atoms with E-state index in [1.807, 2.05) is 37.3 Å². The number of carbonyl (C=O) groups is 3. The van der Waals surface area contributed by atoms with Gasteiger partial charge in [0.2, 0.25) is 5.91 Å². The number of nitrogens with one attached hydrogen (secondary N) is 4. The van der Waals surface area contributed by atoms with Crippen LogP contribution < -0.4 is 21.3 Å². The summed E-state index contributed by atoms with van der Waals surface area (Å²) in [5, 5.41) is 11.3. The molecule has 0 aliphatic heterocycles. The van der Waals surface area contributed by atoms with Crippen LogP contribution in [0.3, 0.4) is 0 Å². The Bertz CT molecular complexity index is 1060. The molecule has 0 aliphatic rings. The van der Waals surface area contributed by atoms with Crippen LogP contribution in [-0.2, 0) is 4.79 Å². The average molecular weight is 431 g/mol. The molecule has 0 radical (unpaired) electrons. The molecule has 0 saturated carbocycles. The number of amides is 3. The molecular formula is C25H26N4O3. The van der Waals surface area contributed by atoms with E-state index in [0.29, 0.717) is 16.8 Å². The van der Waals surface area contributed by atoms with Crippen molar-refractivity contribution in [3.05, 3.63) is 95.6 Å². The van der Waals surface area contributed by atoms with E-state index in [1.165, 1.54) is 0 Å². The van der Waals surface area contributed by atoms with Gasteiger partial charge in [0, 0.05) is 29.5 Å². The van der Waals surface area contributed by atoms with Crippen molar-refractivity contribution in [1.82, 2.24) is 10.6 Å². The van der Waals surface area contributed by atoms with E-state index >= 15 is 0 Å². The van der Waals surface area contributed by atoms with E-state index in [2.05, 4.69) is 21.3 Å². The lowest BCUT2D eigenvalue weighted by Crippen LogP contribution is -2.26. The first-order valence-corrected chi connectivity index (χ1v) is 10.3. The highest BCUT2D eigenvalue weighted by molar-refractivity contribution is 5.97. The second-order valence-corrected chi connectivity index (χ2v) is 7.24. The number of benzene rings is 3. The minimum atomic E-state index is -0.226. The standard InChI is InChI=1S/C25H26N4O3/c1-17(18-6-4-3-5-7-18)28-25(32)20-8-12-21(13-9-20)27-16-23(30)29-22-14-10-19(11-15-22)24(31)26-2/h3-15,17,27H,16H2,1-2H3,(H,26,31)(H,28,32)(H,29,30). The summed E-state index contributed by atoms with van der Waals surface area (Å²) in [6, 6.07) is 23.2. The molecule has 164 valence electrons. The smallest absolute Gasteiger partial charge is 0.251 e. The summed E-state index contributed by atoms with van der Waals surface area (Å²) in [4.78, 5) is 36.2. The van der Waals surface area contributed by atoms with Crippen molar-refractivity contribution in [3.8, 4) is 0 Å². The van der Waals surface area contributed by atoms with Gasteiger partial charge in [-0.3, -0.25) is 14.4 Å². The van der Waals surface area contributed by atoms with Gasteiger partial charge in [-0.05, 0) is 61.0 Å². The third-order valence-electron chi connectivity index (χ3n) is 4.91. The average Bonchev–Trinajstić information content (AvgIpc) is 2.83. The van der Waals surface area contributed by atoms with Crippen molar-refractivity contribution in [2.45, 2.75) is 13.0 Å². The Labute approximate surface area is 187 Å². The topological polar surface area (TPSA) is 99.3 Å². The molecule has 1 unspecified atom stereocenters. The lowest BCUT2D eigenvalue weighted by Gasteiger charge is -2.14. The van der Waals surface area contributed by atoms with Crippen LogP contribution in [0.5, 0.6) is 0 Å². The summed E-state index contributed by atoms with van der Waals surface area (Å²) in [6.45, 7) is 2.00. The SMILES string of the molecule is CNC(=O)c1ccc(NC(=O)CNc2ccc(C(=O)NC(C)c3ccccc3)cc2)cc1. The Morgan fingerprint density at radius 2 is 1.31 bits per heavy atom. The van der Waals surface area contributed by atoms with Crippen molar-refractivity contribution < 1.29 is 14.4 Å². The van der Waals surface area contributed by atoms with Gasteiger partial charge in [0.15, 0.2) is 0 Å². The molecule has 32 heavy (non-hydrogen) atoms. The molecular weight excluding hydrogens is 404 g/mol. The largest absolute Gasteiger partial charge is 0.376 e. The first kappa shape index (κ1) is 22.6. The van der Waals surface area contributed by atoms with Crippen LogP contribution in [0.1, 0.15) is 39.2 Å². The Hall–Kier alpha value is -4.13. The molecule has 3 rings (SSSR count). The zero-order chi connectivity index (χ0) is 22.9. The first-order valence-electron chi connectivity index (χ1n) is 10.3. The minimum Gasteiger partial charge on any atom is -0.376 e. The normalized spacial score (nSPS) is 11.2. The van der Waals surface area contributed by atoms with Gasteiger partial charge in [0.05, 0.1) is 12.6 Å². The highest BCUT2D eigenvalue weighted by Gasteiger charge is 2.11. The Morgan fingerprint density at radius 1 is 0.750 bits per heavy atom. The summed E-state index contributed by atoms with van der Waals surface area (Å²) in [7, 11) is 1.56. The molecule has 0 spiro atoms. The maximum absolute atomic E-state index is 12.5. The quantitative estimate of drug-likeness (QED) is 0.439. The molecule has 7 nitrogen and oxygen atoms in total. The van der Waals surface area contributed by atoms with Gasteiger partial charge in [-0.2, -0.15) is 0 Å². The maximum atomic E-state index is 12.5. The van der Waals surface area contributed by atoms with Crippen LogP contribution in [0.25, 0.3) is 0 Å². The van der Waals surface area contributed by atoms with E-state index in [-0.39, 0.29) is 30.3 Å². The number of hydrogen-bond donors (Lipinski definition) is 4. The van der Waals surface area contributed by atoms with E-state index < -0.39 is 0 Å². The van der Waals surface area contributed by atoms with Crippen molar-refractivity contribution >= 4 is 29.1 Å². The van der Waals surface area contributed by atoms with Gasteiger partial charge in [-0.1, -0.05) is 30.3 Å². The highest BCUT2D eigenvalue weighted by atomic mass is 16.2. The number of anilines is 2. The molecule has 0 fully saturated rings. The molecule has 3 aromatic carbocycles. The molecule has 4 N–H and O–H groups in total. The van der Waals surface area contributed by atoms with E-state index in [0.717, 1.165) is 11.3 Å². The number of rotatable bonds is 8. The zero-order valence-corrected chi connectivity index (χ0v) is 18.0. The van der Waals surface area contributed by atoms with Gasteiger partial charge >= 0.3 is 0 Å². The summed E-state index contributed by atoms with van der Waals surface area (Å²) >= 11 is 0. The van der Waals surface area contributed by atoms with Crippen LogP contribution in [-0.4, -0.2) is 31.3 Å². The predicted molar refractivity (Wildman–Crippen MR) is 126 cm³/mol. The van der Waals surface area contributed by atoms with E-state index in [9.17, 15) is 14.4 Å². The summed E-state index contributed by atoms with van der Waals surface area (Å²) < 4.78 is 0. The maximum Gasteiger partial charge on any atom is 0.251 e. The van der Waals surface area contributed by atoms with Crippen LogP contribution in [0.4, 0.5) is 11.4 Å². The second kappa shape index (κ2) is 10.8. The number of hydrogen-bond acceptors (Lipinski definition) is 4. The molecule has 0 heterocycles. The number of carbonyl (C=O) groups excluding carboxylic acids is 3. The lowest BCUT2D eigenvalue weighted by atomic mass is 10.1. The fourth-order valence-electron chi connectivity index (χ4n) is 3.08. The fourth-order valence-corrected chi connectivity index (χ4v) is 3.08. The third-order valence-corrected chi connectivity index (χ3v) is 4.91. The Morgan fingerprint density at radius 3 is 1.91 bits per heavy atom. The Kier molecular flexibility index (Phi) is 7.59. The Balaban J connectivity index is 1.48. The molecule has 1 atom stereocenters. The molecule has 0 saturated heterocycles. The van der Waals surface area contributed by atoms with Gasteiger partial charge in [0.1, 0.15) is 0 Å². The summed E-state index contributed by atoms with van der Waals surface area (Å²) in [5.74, 6) is -0.571. The fraction of sp³-hybridized carbons (Fsp3) is 0.160. The van der Waals surface area contributed by atoms with Gasteiger partial charge < -0.3 is 21.3 Å². The summed E-state index contributed by atoms with van der Waals surface area (Å²) in [6.07, 6.45) is 0. The minimum absolute atomic E-state index is 0.0633. The van der Waals surface area contributed by atoms with Crippen LogP contribution in [0.15, 0.2) is 78.9 Å². The first-order chi connectivity index (χ1) is 15.5. The van der Waals surface area contributed by atoms with Crippen molar-refractivity contribution in [3.63, 3.8) is 0 Å². The van der Waals surface area contributed by atoms with Crippen molar-refractivity contribution in [1.29, 1.82) is 0 Å². The van der Waals surface area contributed by atoms with E-state index in [4.69, 9.17) is 0 Å². The molecule has 0 aliphatic carbocycles. The van der Waals surface area contributed by atoms with Crippen LogP contribution in [0, 0.1) is 0 Å². The highest BCUT2D eigenvalue weighted by Crippen LogP contribution is 2.14.